The Hall–Kier alpha value is -4.00. The Morgan fingerprint density at radius 1 is 1.05 bits per heavy atom. The predicted molar refractivity (Wildman–Crippen MR) is 158 cm³/mol. The first-order valence-electron chi connectivity index (χ1n) is 15.3. The molecule has 1 N–H and O–H groups in total. The number of benzene rings is 1. The number of nitrogens with zero attached hydrogens (tertiary/aromatic N) is 5. The second kappa shape index (κ2) is 12.2. The third kappa shape index (κ3) is 5.76. The zero-order valence-corrected chi connectivity index (χ0v) is 24.7. The summed E-state index contributed by atoms with van der Waals surface area (Å²) in [4.78, 5) is 55.0. The summed E-state index contributed by atoms with van der Waals surface area (Å²) in [6.07, 6.45) is 6.12. The minimum atomic E-state index is -0.642. The van der Waals surface area contributed by atoms with Crippen LogP contribution in [0.4, 0.5) is 0 Å². The summed E-state index contributed by atoms with van der Waals surface area (Å²) >= 11 is 0. The summed E-state index contributed by atoms with van der Waals surface area (Å²) in [5.74, 6) is 1.11. The fourth-order valence-electron chi connectivity index (χ4n) is 6.84. The molecule has 2 aromatic heterocycles. The van der Waals surface area contributed by atoms with Crippen molar-refractivity contribution in [3.05, 3.63) is 59.2 Å². The van der Waals surface area contributed by atoms with Crippen LogP contribution < -0.4 is 10.1 Å². The molecule has 6 heterocycles. The van der Waals surface area contributed by atoms with Gasteiger partial charge < -0.3 is 19.1 Å². The van der Waals surface area contributed by atoms with Crippen LogP contribution in [-0.4, -0.2) is 94.6 Å². The number of pyridine rings is 1. The van der Waals surface area contributed by atoms with Crippen molar-refractivity contribution in [3.8, 4) is 5.75 Å². The number of carbonyl (C=O) groups excluding carboxylic acids is 3. The van der Waals surface area contributed by atoms with Gasteiger partial charge in [0.1, 0.15) is 23.7 Å². The van der Waals surface area contributed by atoms with Gasteiger partial charge in [0.05, 0.1) is 6.61 Å². The molecule has 4 aliphatic heterocycles. The highest BCUT2D eigenvalue weighted by atomic mass is 16.5. The first-order valence-corrected chi connectivity index (χ1v) is 15.3. The maximum Gasteiger partial charge on any atom is 0.255 e. The van der Waals surface area contributed by atoms with Crippen molar-refractivity contribution in [2.45, 2.75) is 56.8 Å². The number of hydrogen-bond donors (Lipinski definition) is 1. The number of nitrogens with one attached hydrogen (secondary N) is 1. The zero-order valence-electron chi connectivity index (χ0n) is 24.7. The number of carbonyl (C=O) groups is 3. The van der Waals surface area contributed by atoms with E-state index in [-0.39, 0.29) is 30.3 Å². The Labute approximate surface area is 255 Å². The van der Waals surface area contributed by atoms with E-state index in [1.54, 1.807) is 18.1 Å². The van der Waals surface area contributed by atoms with Crippen LogP contribution in [0.5, 0.6) is 5.75 Å². The molecule has 0 radical (unpaired) electrons. The number of piperidine rings is 1. The molecular weight excluding hydrogens is 564 g/mol. The Morgan fingerprint density at radius 3 is 2.73 bits per heavy atom. The van der Waals surface area contributed by atoms with E-state index >= 15 is 0 Å². The van der Waals surface area contributed by atoms with Gasteiger partial charge in [0.15, 0.2) is 5.65 Å². The van der Waals surface area contributed by atoms with Crippen LogP contribution in [0.2, 0.25) is 0 Å². The van der Waals surface area contributed by atoms with Crippen molar-refractivity contribution in [2.24, 2.45) is 5.92 Å². The molecule has 3 atom stereocenters. The summed E-state index contributed by atoms with van der Waals surface area (Å²) in [7, 11) is 1.70. The Balaban J connectivity index is 1.01. The van der Waals surface area contributed by atoms with Crippen molar-refractivity contribution < 1.29 is 28.6 Å². The quantitative estimate of drug-likeness (QED) is 0.383. The molecule has 0 unspecified atom stereocenters. The van der Waals surface area contributed by atoms with E-state index in [4.69, 9.17) is 19.2 Å². The molecule has 3 amide bonds. The molecule has 230 valence electrons. The molecule has 4 aliphatic rings. The molecule has 0 saturated carbocycles. The smallest absolute Gasteiger partial charge is 0.255 e. The monoisotopic (exact) mass is 600 g/mol. The van der Waals surface area contributed by atoms with E-state index in [1.807, 2.05) is 24.5 Å². The summed E-state index contributed by atoms with van der Waals surface area (Å²) in [6.45, 7) is 4.60. The predicted octanol–water partition coefficient (Wildman–Crippen LogP) is 2.21. The molecule has 7 rings (SSSR count). The highest BCUT2D eigenvalue weighted by Gasteiger charge is 2.40. The number of hydrogen-bond acceptors (Lipinski definition) is 10. The largest absolute Gasteiger partial charge is 0.489 e. The van der Waals surface area contributed by atoms with Crippen LogP contribution in [0.25, 0.3) is 11.0 Å². The molecule has 12 heteroatoms. The molecule has 0 aliphatic carbocycles. The third-order valence-corrected chi connectivity index (χ3v) is 9.12. The van der Waals surface area contributed by atoms with Gasteiger partial charge in [-0.15, -0.1) is 0 Å². The molecule has 3 saturated heterocycles. The second-order valence-corrected chi connectivity index (χ2v) is 12.2. The number of methoxy groups -OCH3 is 1. The molecule has 1 aromatic carbocycles. The van der Waals surface area contributed by atoms with Gasteiger partial charge in [-0.25, -0.2) is 15.0 Å². The number of imide groups is 1. The van der Waals surface area contributed by atoms with Gasteiger partial charge in [0.2, 0.25) is 11.8 Å². The van der Waals surface area contributed by atoms with Crippen LogP contribution in [0.1, 0.15) is 58.9 Å². The fraction of sp³-hybridized carbons (Fsp3) is 0.500. The number of ether oxygens (including phenoxy) is 3. The van der Waals surface area contributed by atoms with Crippen molar-refractivity contribution in [3.63, 3.8) is 0 Å². The van der Waals surface area contributed by atoms with Crippen LogP contribution in [0, 0.1) is 5.92 Å². The van der Waals surface area contributed by atoms with Crippen molar-refractivity contribution in [2.75, 3.05) is 40.0 Å². The molecule has 3 aromatic rings. The summed E-state index contributed by atoms with van der Waals surface area (Å²) in [5, 5.41) is 3.28. The van der Waals surface area contributed by atoms with Gasteiger partial charge in [-0.3, -0.25) is 24.6 Å². The van der Waals surface area contributed by atoms with E-state index in [0.29, 0.717) is 49.9 Å². The van der Waals surface area contributed by atoms with E-state index in [0.717, 1.165) is 60.6 Å². The van der Waals surface area contributed by atoms with Gasteiger partial charge in [0.25, 0.3) is 5.91 Å². The van der Waals surface area contributed by atoms with E-state index in [1.165, 1.54) is 0 Å². The SMILES string of the molecule is COC[C@@H]1CN(Cc2cnc3nc(C4CCOCC4)ncc3c2)C[C@H]1Oc1ccc2c(c1)CN([C@H]1CCC(=O)NC1=O)C2=O. The Kier molecular flexibility index (Phi) is 7.96. The van der Waals surface area contributed by atoms with Crippen LogP contribution in [0.3, 0.4) is 0 Å². The first kappa shape index (κ1) is 28.8. The maximum absolute atomic E-state index is 13.1. The Morgan fingerprint density at radius 2 is 1.91 bits per heavy atom. The van der Waals surface area contributed by atoms with Crippen LogP contribution in [-0.2, 0) is 32.2 Å². The summed E-state index contributed by atoms with van der Waals surface area (Å²) < 4.78 is 17.5. The average Bonchev–Trinajstić information content (AvgIpc) is 3.56. The summed E-state index contributed by atoms with van der Waals surface area (Å²) in [6, 6.07) is 6.96. The van der Waals surface area contributed by atoms with Gasteiger partial charge in [-0.2, -0.15) is 0 Å². The summed E-state index contributed by atoms with van der Waals surface area (Å²) in [5.41, 5.74) is 3.19. The van der Waals surface area contributed by atoms with E-state index in [9.17, 15) is 14.4 Å². The third-order valence-electron chi connectivity index (χ3n) is 9.12. The number of fused-ring (bicyclic) bond motifs is 2. The molecule has 12 nitrogen and oxygen atoms in total. The number of rotatable bonds is 8. The number of amides is 3. The zero-order chi connectivity index (χ0) is 30.2. The fourth-order valence-corrected chi connectivity index (χ4v) is 6.84. The first-order chi connectivity index (χ1) is 21.4. The van der Waals surface area contributed by atoms with Crippen LogP contribution >= 0.6 is 0 Å². The topological polar surface area (TPSA) is 136 Å². The normalized spacial score (nSPS) is 24.6. The molecule has 44 heavy (non-hydrogen) atoms. The lowest BCUT2D eigenvalue weighted by molar-refractivity contribution is -0.136. The van der Waals surface area contributed by atoms with E-state index < -0.39 is 11.9 Å². The van der Waals surface area contributed by atoms with Crippen molar-refractivity contribution in [1.82, 2.24) is 30.1 Å². The van der Waals surface area contributed by atoms with Gasteiger partial charge in [0, 0.05) is 88.1 Å². The highest BCUT2D eigenvalue weighted by molar-refractivity contribution is 6.05. The minimum absolute atomic E-state index is 0.102. The maximum atomic E-state index is 13.1. The molecular formula is C32H36N6O6. The molecule has 0 bridgehead atoms. The molecule has 3 fully saturated rings. The van der Waals surface area contributed by atoms with Crippen LogP contribution in [0.15, 0.2) is 36.7 Å². The van der Waals surface area contributed by atoms with E-state index in [2.05, 4.69) is 26.3 Å². The van der Waals surface area contributed by atoms with Gasteiger partial charge in [-0.1, -0.05) is 0 Å². The number of likely N-dealkylation sites (tertiary alicyclic amines) is 1. The minimum Gasteiger partial charge on any atom is -0.489 e. The lowest BCUT2D eigenvalue weighted by Gasteiger charge is -2.29. The average molecular weight is 601 g/mol. The van der Waals surface area contributed by atoms with Crippen molar-refractivity contribution in [1.29, 1.82) is 0 Å². The highest BCUT2D eigenvalue weighted by Crippen LogP contribution is 2.32. The Bertz CT molecular complexity index is 1590. The van der Waals surface area contributed by atoms with Gasteiger partial charge >= 0.3 is 0 Å². The molecule has 0 spiro atoms. The van der Waals surface area contributed by atoms with Gasteiger partial charge in [-0.05, 0) is 54.7 Å². The lowest BCUT2D eigenvalue weighted by atomic mass is 9.99. The standard InChI is InChI=1S/C32H36N6O6/c1-42-18-23-15-37(14-19-10-21-13-34-29(36-30(21)33-12-19)20-6-8-43-9-7-20)17-27(23)44-24-2-3-25-22(11-24)16-38(32(25)41)26-4-5-28(39)35-31(26)40/h2-3,10-13,20,23,26-27H,4-9,14-18H2,1H3,(H,35,39,40)/t23-,26-,27+/m0/s1. The second-order valence-electron chi connectivity index (χ2n) is 12.2. The van der Waals surface area contributed by atoms with Crippen molar-refractivity contribution >= 4 is 28.8 Å². The lowest BCUT2D eigenvalue weighted by Crippen LogP contribution is -2.52. The number of aromatic nitrogens is 3.